The Bertz CT molecular complexity index is 569. The van der Waals surface area contributed by atoms with Gasteiger partial charge in [0.2, 0.25) is 5.78 Å². The lowest BCUT2D eigenvalue weighted by atomic mass is 9.94. The Hall–Kier alpha value is -1.58. The number of halogens is 2. The minimum absolute atomic E-state index is 0.00420. The van der Waals surface area contributed by atoms with Gasteiger partial charge in [-0.2, -0.15) is 0 Å². The quantitative estimate of drug-likeness (QED) is 0.855. The van der Waals surface area contributed by atoms with Crippen LogP contribution in [0.3, 0.4) is 0 Å². The van der Waals surface area contributed by atoms with E-state index < -0.39 is 0 Å². The van der Waals surface area contributed by atoms with E-state index in [1.54, 1.807) is 24.3 Å². The van der Waals surface area contributed by atoms with Crippen molar-refractivity contribution in [3.8, 4) is 0 Å². The fourth-order valence-electron chi connectivity index (χ4n) is 1.59. The average molecular weight is 283 g/mol. The molecular weight excluding hydrogens is 275 g/mol. The van der Waals surface area contributed by atoms with Gasteiger partial charge in [0, 0.05) is 17.2 Å². The second-order valence-corrected chi connectivity index (χ2v) is 4.56. The normalized spacial score (nSPS) is 13.8. The van der Waals surface area contributed by atoms with Gasteiger partial charge < -0.3 is 4.74 Å². The average Bonchev–Trinajstić information content (AvgIpc) is 2.35. The predicted octanol–water partition coefficient (Wildman–Crippen LogP) is 3.29. The van der Waals surface area contributed by atoms with E-state index in [1.165, 1.54) is 12.2 Å². The van der Waals surface area contributed by atoms with E-state index in [9.17, 15) is 9.59 Å². The van der Waals surface area contributed by atoms with Crippen LogP contribution in [0, 0.1) is 0 Å². The molecule has 5 heteroatoms. The lowest BCUT2D eigenvalue weighted by Crippen LogP contribution is -2.18. The summed E-state index contributed by atoms with van der Waals surface area (Å²) in [4.78, 5) is 23.8. The Morgan fingerprint density at radius 2 is 1.83 bits per heavy atom. The molecule has 0 radical (unpaired) electrons. The number of fused-ring (bicyclic) bond motifs is 1. The van der Waals surface area contributed by atoms with Crippen molar-refractivity contribution in [3.05, 3.63) is 57.8 Å². The number of hydrogen-bond acceptors (Lipinski definition) is 3. The van der Waals surface area contributed by atoms with Crippen molar-refractivity contribution in [2.45, 2.75) is 0 Å². The molecule has 0 fully saturated rings. The summed E-state index contributed by atoms with van der Waals surface area (Å²) < 4.78 is 5.23. The zero-order chi connectivity index (χ0) is 13.1. The van der Waals surface area contributed by atoms with Gasteiger partial charge in [0.25, 0.3) is 0 Å². The molecule has 1 aliphatic rings. The Balaban J connectivity index is 2.23. The Kier molecular flexibility index (Phi) is 3.84. The van der Waals surface area contributed by atoms with Gasteiger partial charge in [-0.3, -0.25) is 9.59 Å². The van der Waals surface area contributed by atoms with Crippen molar-refractivity contribution in [1.29, 1.82) is 0 Å². The molecule has 0 saturated carbocycles. The number of Topliss-reactive ketones (excluding diaryl/α,β-unsaturated/α-hetero) is 1. The Labute approximate surface area is 114 Å². The largest absolute Gasteiger partial charge is 0.485 e. The number of ether oxygens (including phenoxy) is 1. The van der Waals surface area contributed by atoms with Gasteiger partial charge in [-0.05, 0) is 6.08 Å². The van der Waals surface area contributed by atoms with E-state index in [0.29, 0.717) is 11.1 Å². The molecule has 0 bridgehead atoms. The van der Waals surface area contributed by atoms with Crippen molar-refractivity contribution >= 4 is 34.8 Å². The van der Waals surface area contributed by atoms with Crippen LogP contribution in [0.1, 0.15) is 20.7 Å². The molecular formula is C13H8Cl2O3. The molecule has 0 aliphatic heterocycles. The topological polar surface area (TPSA) is 43.4 Å². The van der Waals surface area contributed by atoms with E-state index in [4.69, 9.17) is 27.9 Å². The number of rotatable bonds is 3. The maximum absolute atomic E-state index is 12.0. The van der Waals surface area contributed by atoms with Crippen molar-refractivity contribution in [2.24, 2.45) is 0 Å². The van der Waals surface area contributed by atoms with Crippen LogP contribution in [0.5, 0.6) is 0 Å². The Morgan fingerprint density at radius 3 is 2.50 bits per heavy atom. The lowest BCUT2D eigenvalue weighted by Gasteiger charge is -2.14. The monoisotopic (exact) mass is 282 g/mol. The summed E-state index contributed by atoms with van der Waals surface area (Å²) in [7, 11) is 0. The van der Waals surface area contributed by atoms with E-state index >= 15 is 0 Å². The number of ketones is 2. The number of hydrogen-bond donors (Lipinski definition) is 0. The van der Waals surface area contributed by atoms with Gasteiger partial charge in [-0.1, -0.05) is 47.5 Å². The second-order valence-electron chi connectivity index (χ2n) is 3.55. The number of benzene rings is 1. The van der Waals surface area contributed by atoms with Crippen LogP contribution in [0.4, 0.5) is 0 Å². The standard InChI is InChI=1S/C13H8Cl2O3/c14-12(15)5-6-18-11-7-10(16)8-3-1-2-4-9(8)13(11)17/h1-5,7H,6H2. The summed E-state index contributed by atoms with van der Waals surface area (Å²) in [6, 6.07) is 6.61. The first-order chi connectivity index (χ1) is 8.59. The Morgan fingerprint density at radius 1 is 1.17 bits per heavy atom. The molecule has 0 heterocycles. The fourth-order valence-corrected chi connectivity index (χ4v) is 1.72. The number of allylic oxidation sites excluding steroid dienone is 2. The van der Waals surface area contributed by atoms with E-state index in [0.717, 1.165) is 0 Å². The highest BCUT2D eigenvalue weighted by Gasteiger charge is 2.25. The third-order valence-corrected chi connectivity index (χ3v) is 2.71. The third-order valence-electron chi connectivity index (χ3n) is 2.40. The molecule has 0 unspecified atom stereocenters. The first-order valence-corrected chi connectivity index (χ1v) is 5.89. The summed E-state index contributed by atoms with van der Waals surface area (Å²) in [5.74, 6) is -0.560. The van der Waals surface area contributed by atoms with Crippen molar-refractivity contribution in [2.75, 3.05) is 6.61 Å². The summed E-state index contributed by atoms with van der Waals surface area (Å²) >= 11 is 10.8. The molecule has 18 heavy (non-hydrogen) atoms. The molecule has 0 spiro atoms. The maximum Gasteiger partial charge on any atom is 0.228 e. The summed E-state index contributed by atoms with van der Waals surface area (Å²) in [6.45, 7) is 0.0371. The molecule has 0 aromatic heterocycles. The summed E-state index contributed by atoms with van der Waals surface area (Å²) in [5, 5.41) is 0. The molecule has 1 aliphatic carbocycles. The zero-order valence-corrected chi connectivity index (χ0v) is 10.7. The van der Waals surface area contributed by atoms with Crippen LogP contribution < -0.4 is 0 Å². The highest BCUT2D eigenvalue weighted by Crippen LogP contribution is 2.21. The molecule has 1 aromatic carbocycles. The number of carbonyl (C=O) groups is 2. The summed E-state index contributed by atoms with van der Waals surface area (Å²) in [6.07, 6.45) is 2.57. The van der Waals surface area contributed by atoms with Gasteiger partial charge in [0.15, 0.2) is 11.5 Å². The molecule has 2 rings (SSSR count). The molecule has 0 saturated heterocycles. The first-order valence-electron chi connectivity index (χ1n) is 5.13. The van der Waals surface area contributed by atoms with E-state index in [2.05, 4.69) is 0 Å². The second kappa shape index (κ2) is 5.38. The predicted molar refractivity (Wildman–Crippen MR) is 68.9 cm³/mol. The van der Waals surface area contributed by atoms with Crippen molar-refractivity contribution in [1.82, 2.24) is 0 Å². The van der Waals surface area contributed by atoms with E-state index in [-0.39, 0.29) is 28.4 Å². The van der Waals surface area contributed by atoms with Crippen LogP contribution in [0.15, 0.2) is 46.7 Å². The SMILES string of the molecule is O=C1C=C(OCC=C(Cl)Cl)C(=O)c2ccccc21. The smallest absolute Gasteiger partial charge is 0.228 e. The van der Waals surface area contributed by atoms with Crippen molar-refractivity contribution < 1.29 is 14.3 Å². The third kappa shape index (κ3) is 2.63. The number of carbonyl (C=O) groups excluding carboxylic acids is 2. The first kappa shape index (κ1) is 12.9. The van der Waals surface area contributed by atoms with Crippen LogP contribution in [-0.2, 0) is 4.74 Å². The maximum atomic E-state index is 12.0. The summed E-state index contributed by atoms with van der Waals surface area (Å²) in [5.41, 5.74) is 0.738. The minimum atomic E-state index is -0.315. The van der Waals surface area contributed by atoms with Crippen LogP contribution in [-0.4, -0.2) is 18.2 Å². The molecule has 0 N–H and O–H groups in total. The molecule has 92 valence electrons. The van der Waals surface area contributed by atoms with Gasteiger partial charge in [-0.25, -0.2) is 0 Å². The molecule has 0 atom stereocenters. The lowest BCUT2D eigenvalue weighted by molar-refractivity contribution is 0.0900. The fraction of sp³-hybridized carbons (Fsp3) is 0.0769. The van der Waals surface area contributed by atoms with Gasteiger partial charge in [-0.15, -0.1) is 0 Å². The molecule has 0 amide bonds. The van der Waals surface area contributed by atoms with Crippen LogP contribution in [0.25, 0.3) is 0 Å². The van der Waals surface area contributed by atoms with E-state index in [1.807, 2.05) is 0 Å². The van der Waals surface area contributed by atoms with Crippen LogP contribution in [0.2, 0.25) is 0 Å². The van der Waals surface area contributed by atoms with Crippen LogP contribution >= 0.6 is 23.2 Å². The van der Waals surface area contributed by atoms with Gasteiger partial charge in [0.1, 0.15) is 11.1 Å². The van der Waals surface area contributed by atoms with Gasteiger partial charge in [0.05, 0.1) is 0 Å². The molecule has 1 aromatic rings. The van der Waals surface area contributed by atoms with Crippen molar-refractivity contribution in [3.63, 3.8) is 0 Å². The highest BCUT2D eigenvalue weighted by atomic mass is 35.5. The highest BCUT2D eigenvalue weighted by molar-refractivity contribution is 6.55. The minimum Gasteiger partial charge on any atom is -0.485 e. The zero-order valence-electron chi connectivity index (χ0n) is 9.15. The molecule has 3 nitrogen and oxygen atoms in total. The van der Waals surface area contributed by atoms with Gasteiger partial charge >= 0.3 is 0 Å².